The van der Waals surface area contributed by atoms with Gasteiger partial charge in [-0.15, -0.1) is 0 Å². The number of likely N-dealkylation sites (tertiary alicyclic amines) is 1. The number of alkyl carbamates (subject to hydrolysis) is 1. The van der Waals surface area contributed by atoms with Gasteiger partial charge < -0.3 is 25.2 Å². The SMILES string of the molecule is CC(C)(C)OC(=O)NC1CCN(C(=O)C2=C(C(=O)NCCCc3ccccc3)c3ccccc3CN2c2ccccc2)CC1. The fraction of sp³-hybridized carbons (Fsp3) is 0.361. The predicted octanol–water partition coefficient (Wildman–Crippen LogP) is 5.68. The molecule has 1 fully saturated rings. The standard InChI is InChI=1S/C36H42N4O4/c1-36(2,3)44-35(43)38-28-20-23-39(24-21-28)34(42)32-31(33(41)37-22-12-15-26-13-6-4-7-14-26)30-19-11-10-16-27(30)25-40(32)29-17-8-5-9-18-29/h4-11,13-14,16-19,28H,12,15,20-25H2,1-3H3,(H,37,41)(H,38,43). The maximum atomic E-state index is 14.4. The Labute approximate surface area is 260 Å². The van der Waals surface area contributed by atoms with Gasteiger partial charge in [0.15, 0.2) is 0 Å². The second kappa shape index (κ2) is 13.8. The molecule has 2 heterocycles. The summed E-state index contributed by atoms with van der Waals surface area (Å²) in [4.78, 5) is 44.5. The van der Waals surface area contributed by atoms with Crippen molar-refractivity contribution in [2.24, 2.45) is 0 Å². The first-order chi connectivity index (χ1) is 21.2. The van der Waals surface area contributed by atoms with Gasteiger partial charge in [-0.1, -0.05) is 72.8 Å². The van der Waals surface area contributed by atoms with Gasteiger partial charge in [-0.25, -0.2) is 4.79 Å². The summed E-state index contributed by atoms with van der Waals surface area (Å²) < 4.78 is 5.42. The number of amides is 3. The number of nitrogens with one attached hydrogen (secondary N) is 2. The maximum absolute atomic E-state index is 14.4. The summed E-state index contributed by atoms with van der Waals surface area (Å²) in [5.41, 5.74) is 4.04. The summed E-state index contributed by atoms with van der Waals surface area (Å²) in [5, 5.41) is 6.06. The average Bonchev–Trinajstić information content (AvgIpc) is 3.02. The molecule has 8 nitrogen and oxygen atoms in total. The number of hydrogen-bond acceptors (Lipinski definition) is 5. The number of nitrogens with zero attached hydrogens (tertiary/aromatic N) is 2. The van der Waals surface area contributed by atoms with E-state index in [0.717, 1.165) is 29.7 Å². The maximum Gasteiger partial charge on any atom is 0.407 e. The molecule has 3 aromatic rings. The molecule has 0 spiro atoms. The molecule has 5 rings (SSSR count). The van der Waals surface area contributed by atoms with E-state index in [0.29, 0.717) is 50.3 Å². The number of piperidine rings is 1. The predicted molar refractivity (Wildman–Crippen MR) is 173 cm³/mol. The zero-order valence-electron chi connectivity index (χ0n) is 25.8. The summed E-state index contributed by atoms with van der Waals surface area (Å²) in [7, 11) is 0. The van der Waals surface area contributed by atoms with E-state index >= 15 is 0 Å². The smallest absolute Gasteiger partial charge is 0.407 e. The Balaban J connectivity index is 1.40. The molecule has 0 saturated carbocycles. The number of ether oxygens (including phenoxy) is 1. The second-order valence-electron chi connectivity index (χ2n) is 12.4. The van der Waals surface area contributed by atoms with Crippen molar-refractivity contribution in [1.29, 1.82) is 0 Å². The minimum Gasteiger partial charge on any atom is -0.444 e. The van der Waals surface area contributed by atoms with Crippen LogP contribution in [0.25, 0.3) is 5.57 Å². The molecule has 3 amide bonds. The lowest BCUT2D eigenvalue weighted by Gasteiger charge is -2.38. The zero-order chi connectivity index (χ0) is 31.1. The molecular formula is C36H42N4O4. The first kappa shape index (κ1) is 30.9. The number of carbonyl (C=O) groups is 3. The van der Waals surface area contributed by atoms with Crippen LogP contribution in [0.1, 0.15) is 56.7 Å². The van der Waals surface area contributed by atoms with Crippen molar-refractivity contribution in [3.8, 4) is 0 Å². The Bertz CT molecular complexity index is 1490. The monoisotopic (exact) mass is 594 g/mol. The normalized spacial score (nSPS) is 15.4. The van der Waals surface area contributed by atoms with E-state index < -0.39 is 11.7 Å². The van der Waals surface area contributed by atoms with Gasteiger partial charge in [-0.2, -0.15) is 0 Å². The molecule has 0 aliphatic carbocycles. The van der Waals surface area contributed by atoms with E-state index in [4.69, 9.17) is 4.74 Å². The molecule has 0 bridgehead atoms. The van der Waals surface area contributed by atoms with Crippen LogP contribution in [0.2, 0.25) is 0 Å². The van der Waals surface area contributed by atoms with Crippen molar-refractivity contribution in [2.75, 3.05) is 24.5 Å². The van der Waals surface area contributed by atoms with Crippen molar-refractivity contribution in [1.82, 2.24) is 15.5 Å². The molecular weight excluding hydrogens is 552 g/mol. The fourth-order valence-corrected chi connectivity index (χ4v) is 5.77. The van der Waals surface area contributed by atoms with Gasteiger partial charge in [-0.05, 0) is 75.3 Å². The first-order valence-corrected chi connectivity index (χ1v) is 15.5. The molecule has 2 N–H and O–H groups in total. The van der Waals surface area contributed by atoms with Crippen LogP contribution in [-0.4, -0.2) is 54.1 Å². The minimum absolute atomic E-state index is 0.0902. The first-order valence-electron chi connectivity index (χ1n) is 15.5. The lowest BCUT2D eigenvalue weighted by molar-refractivity contribution is -0.128. The Morgan fingerprint density at radius 2 is 1.50 bits per heavy atom. The average molecular weight is 595 g/mol. The van der Waals surface area contributed by atoms with E-state index in [1.54, 1.807) is 4.90 Å². The molecule has 230 valence electrons. The van der Waals surface area contributed by atoms with Crippen LogP contribution >= 0.6 is 0 Å². The van der Waals surface area contributed by atoms with E-state index in [1.165, 1.54) is 5.56 Å². The molecule has 44 heavy (non-hydrogen) atoms. The summed E-state index contributed by atoms with van der Waals surface area (Å²) in [6, 6.07) is 27.7. The highest BCUT2D eigenvalue weighted by Gasteiger charge is 2.37. The highest BCUT2D eigenvalue weighted by Crippen LogP contribution is 2.36. The van der Waals surface area contributed by atoms with Crippen LogP contribution in [-0.2, 0) is 27.3 Å². The molecule has 0 aromatic heterocycles. The Hall–Kier alpha value is -4.59. The summed E-state index contributed by atoms with van der Waals surface area (Å²) >= 11 is 0. The molecule has 0 radical (unpaired) electrons. The van der Waals surface area contributed by atoms with Crippen molar-refractivity contribution in [2.45, 2.75) is 64.6 Å². The quantitative estimate of drug-likeness (QED) is 0.328. The third kappa shape index (κ3) is 7.67. The van der Waals surface area contributed by atoms with Gasteiger partial charge in [0.2, 0.25) is 0 Å². The third-order valence-electron chi connectivity index (χ3n) is 7.89. The second-order valence-corrected chi connectivity index (χ2v) is 12.4. The van der Waals surface area contributed by atoms with E-state index in [9.17, 15) is 14.4 Å². The lowest BCUT2D eigenvalue weighted by atomic mass is 9.91. The van der Waals surface area contributed by atoms with Crippen LogP contribution < -0.4 is 15.5 Å². The summed E-state index contributed by atoms with van der Waals surface area (Å²) in [6.45, 7) is 7.38. The summed E-state index contributed by atoms with van der Waals surface area (Å²) in [6.07, 6.45) is 2.39. The number of fused-ring (bicyclic) bond motifs is 1. The van der Waals surface area contributed by atoms with Crippen LogP contribution in [0.5, 0.6) is 0 Å². The summed E-state index contributed by atoms with van der Waals surface area (Å²) in [5.74, 6) is -0.440. The fourth-order valence-electron chi connectivity index (χ4n) is 5.77. The van der Waals surface area contributed by atoms with E-state index in [2.05, 4.69) is 22.8 Å². The lowest BCUT2D eigenvalue weighted by Crippen LogP contribution is -2.50. The molecule has 1 saturated heterocycles. The van der Waals surface area contributed by atoms with Gasteiger partial charge in [0.05, 0.1) is 5.57 Å². The number of carbonyl (C=O) groups excluding carboxylic acids is 3. The number of benzene rings is 3. The number of aryl methyl sites for hydroxylation is 1. The van der Waals surface area contributed by atoms with Crippen molar-refractivity contribution < 1.29 is 19.1 Å². The molecule has 2 aliphatic rings. The number of para-hydroxylation sites is 1. The van der Waals surface area contributed by atoms with Crippen molar-refractivity contribution in [3.05, 3.63) is 107 Å². The molecule has 0 unspecified atom stereocenters. The van der Waals surface area contributed by atoms with Gasteiger partial charge in [0.25, 0.3) is 11.8 Å². The van der Waals surface area contributed by atoms with Gasteiger partial charge >= 0.3 is 6.09 Å². The topological polar surface area (TPSA) is 91.0 Å². The third-order valence-corrected chi connectivity index (χ3v) is 7.89. The molecule has 0 atom stereocenters. The number of hydrogen-bond donors (Lipinski definition) is 2. The Kier molecular flexibility index (Phi) is 9.68. The largest absolute Gasteiger partial charge is 0.444 e. The highest BCUT2D eigenvalue weighted by atomic mass is 16.6. The molecule has 8 heteroatoms. The van der Waals surface area contributed by atoms with Gasteiger partial charge in [0.1, 0.15) is 11.3 Å². The van der Waals surface area contributed by atoms with Gasteiger partial charge in [0, 0.05) is 37.9 Å². The van der Waals surface area contributed by atoms with Crippen LogP contribution in [0.15, 0.2) is 90.6 Å². The Morgan fingerprint density at radius 1 is 0.864 bits per heavy atom. The molecule has 3 aromatic carbocycles. The van der Waals surface area contributed by atoms with Gasteiger partial charge in [-0.3, -0.25) is 9.59 Å². The number of anilines is 1. The van der Waals surface area contributed by atoms with E-state index in [1.807, 2.05) is 98.5 Å². The van der Waals surface area contributed by atoms with Crippen LogP contribution in [0.3, 0.4) is 0 Å². The Morgan fingerprint density at radius 3 is 2.18 bits per heavy atom. The van der Waals surface area contributed by atoms with Crippen LogP contribution in [0.4, 0.5) is 10.5 Å². The molecule has 2 aliphatic heterocycles. The van der Waals surface area contributed by atoms with Crippen molar-refractivity contribution >= 4 is 29.2 Å². The van der Waals surface area contributed by atoms with Crippen molar-refractivity contribution in [3.63, 3.8) is 0 Å². The highest BCUT2D eigenvalue weighted by molar-refractivity contribution is 6.27. The zero-order valence-corrected chi connectivity index (χ0v) is 25.8. The van der Waals surface area contributed by atoms with Crippen LogP contribution in [0, 0.1) is 0 Å². The minimum atomic E-state index is -0.579. The van der Waals surface area contributed by atoms with E-state index in [-0.39, 0.29) is 17.9 Å². The number of rotatable bonds is 8.